The van der Waals surface area contributed by atoms with Gasteiger partial charge < -0.3 is 5.32 Å². The first kappa shape index (κ1) is 12.1. The fourth-order valence-electron chi connectivity index (χ4n) is 2.07. The molecule has 0 atom stereocenters. The lowest BCUT2D eigenvalue weighted by Gasteiger charge is -2.06. The van der Waals surface area contributed by atoms with Crippen LogP contribution in [0.5, 0.6) is 0 Å². The number of fused-ring (bicyclic) bond motifs is 1. The highest BCUT2D eigenvalue weighted by atomic mass is 14.8. The summed E-state index contributed by atoms with van der Waals surface area (Å²) < 4.78 is 0. The Morgan fingerprint density at radius 3 is 2.88 bits per heavy atom. The summed E-state index contributed by atoms with van der Waals surface area (Å²) in [5, 5.41) is 4.68. The van der Waals surface area contributed by atoms with Crippen LogP contribution < -0.4 is 5.32 Å². The lowest BCUT2D eigenvalue weighted by molar-refractivity contribution is 0.640. The van der Waals surface area contributed by atoms with Crippen LogP contribution in [0, 0.1) is 0 Å². The lowest BCUT2D eigenvalue weighted by atomic mass is 10.1. The smallest absolute Gasteiger partial charge is 0.0733 e. The summed E-state index contributed by atoms with van der Waals surface area (Å²) in [5.74, 6) is 0. The average Bonchev–Trinajstić information content (AvgIpc) is 2.39. The van der Waals surface area contributed by atoms with E-state index in [1.54, 1.807) is 0 Å². The van der Waals surface area contributed by atoms with Gasteiger partial charge in [0.25, 0.3) is 0 Å². The van der Waals surface area contributed by atoms with Crippen molar-refractivity contribution in [2.24, 2.45) is 0 Å². The van der Waals surface area contributed by atoms with Crippen LogP contribution in [-0.4, -0.2) is 18.1 Å². The normalized spacial score (nSPS) is 10.9. The first-order valence-electron chi connectivity index (χ1n) is 6.45. The van der Waals surface area contributed by atoms with Crippen LogP contribution >= 0.6 is 0 Å². The molecule has 2 nitrogen and oxygen atoms in total. The van der Waals surface area contributed by atoms with Crippen molar-refractivity contribution in [1.82, 2.24) is 10.3 Å². The van der Waals surface area contributed by atoms with Gasteiger partial charge in [0, 0.05) is 11.6 Å². The molecule has 17 heavy (non-hydrogen) atoms. The predicted octanol–water partition coefficient (Wildman–Crippen LogP) is 3.17. The number of nitrogens with one attached hydrogen (secondary N) is 1. The number of aryl methyl sites for hydroxylation is 1. The number of hydrogen-bond acceptors (Lipinski definition) is 2. The molecule has 0 aliphatic carbocycles. The molecule has 2 aromatic rings. The topological polar surface area (TPSA) is 24.9 Å². The second kappa shape index (κ2) is 6.36. The molecule has 0 saturated carbocycles. The largest absolute Gasteiger partial charge is 0.317 e. The number of pyridine rings is 1. The summed E-state index contributed by atoms with van der Waals surface area (Å²) in [6.07, 6.45) is 5.36. The molecule has 0 saturated heterocycles. The SMILES string of the molecule is CCCNCCCc1cccc2cccnc12. The van der Waals surface area contributed by atoms with Crippen LogP contribution in [-0.2, 0) is 6.42 Å². The molecule has 0 aliphatic rings. The molecule has 2 heteroatoms. The molecule has 0 unspecified atom stereocenters. The first-order valence-corrected chi connectivity index (χ1v) is 6.45. The van der Waals surface area contributed by atoms with Crippen LogP contribution in [0.1, 0.15) is 25.3 Å². The maximum absolute atomic E-state index is 4.48. The minimum Gasteiger partial charge on any atom is -0.317 e. The third-order valence-electron chi connectivity index (χ3n) is 2.94. The molecule has 2 rings (SSSR count). The molecule has 0 amide bonds. The summed E-state index contributed by atoms with van der Waals surface area (Å²) >= 11 is 0. The molecule has 1 N–H and O–H groups in total. The van der Waals surface area contributed by atoms with Gasteiger partial charge in [0.15, 0.2) is 0 Å². The van der Waals surface area contributed by atoms with Crippen molar-refractivity contribution in [3.05, 3.63) is 42.1 Å². The van der Waals surface area contributed by atoms with E-state index >= 15 is 0 Å². The molecule has 90 valence electrons. The molecule has 1 heterocycles. The van der Waals surface area contributed by atoms with E-state index in [0.29, 0.717) is 0 Å². The molecule has 1 aromatic carbocycles. The monoisotopic (exact) mass is 228 g/mol. The highest BCUT2D eigenvalue weighted by Gasteiger charge is 2.00. The molecular formula is C15H20N2. The van der Waals surface area contributed by atoms with Gasteiger partial charge in [-0.25, -0.2) is 0 Å². The maximum Gasteiger partial charge on any atom is 0.0733 e. The van der Waals surface area contributed by atoms with E-state index in [1.165, 1.54) is 23.8 Å². The minimum atomic E-state index is 1.09. The van der Waals surface area contributed by atoms with E-state index in [4.69, 9.17) is 0 Å². The third-order valence-corrected chi connectivity index (χ3v) is 2.94. The second-order valence-corrected chi connectivity index (χ2v) is 4.35. The quantitative estimate of drug-likeness (QED) is 0.768. The summed E-state index contributed by atoms with van der Waals surface area (Å²) in [7, 11) is 0. The number of para-hydroxylation sites is 1. The third kappa shape index (κ3) is 3.27. The van der Waals surface area contributed by atoms with Gasteiger partial charge in [-0.15, -0.1) is 0 Å². The summed E-state index contributed by atoms with van der Waals surface area (Å²) in [6.45, 7) is 4.41. The number of aromatic nitrogens is 1. The van der Waals surface area contributed by atoms with Gasteiger partial charge >= 0.3 is 0 Å². The lowest BCUT2D eigenvalue weighted by Crippen LogP contribution is -2.16. The maximum atomic E-state index is 4.48. The number of hydrogen-bond donors (Lipinski definition) is 1. The summed E-state index contributed by atoms with van der Waals surface area (Å²) in [6, 6.07) is 10.6. The number of benzene rings is 1. The Hall–Kier alpha value is -1.41. The van der Waals surface area contributed by atoms with Gasteiger partial charge in [-0.2, -0.15) is 0 Å². The van der Waals surface area contributed by atoms with E-state index in [-0.39, 0.29) is 0 Å². The van der Waals surface area contributed by atoms with E-state index in [2.05, 4.69) is 41.5 Å². The molecule has 0 spiro atoms. The first-order chi connectivity index (χ1) is 8.42. The van der Waals surface area contributed by atoms with Crippen molar-refractivity contribution in [3.63, 3.8) is 0 Å². The highest BCUT2D eigenvalue weighted by Crippen LogP contribution is 2.16. The molecule has 0 aliphatic heterocycles. The van der Waals surface area contributed by atoms with Crippen molar-refractivity contribution < 1.29 is 0 Å². The average molecular weight is 228 g/mol. The fourth-order valence-corrected chi connectivity index (χ4v) is 2.07. The van der Waals surface area contributed by atoms with Gasteiger partial charge in [-0.1, -0.05) is 31.2 Å². The highest BCUT2D eigenvalue weighted by molar-refractivity contribution is 5.81. The van der Waals surface area contributed by atoms with E-state index in [0.717, 1.165) is 25.0 Å². The predicted molar refractivity (Wildman–Crippen MR) is 73.2 cm³/mol. The summed E-state index contributed by atoms with van der Waals surface area (Å²) in [5.41, 5.74) is 2.52. The van der Waals surface area contributed by atoms with Gasteiger partial charge in [0.1, 0.15) is 0 Å². The Morgan fingerprint density at radius 2 is 2.00 bits per heavy atom. The van der Waals surface area contributed by atoms with E-state index in [1.807, 2.05) is 12.3 Å². The van der Waals surface area contributed by atoms with Gasteiger partial charge in [0.05, 0.1) is 5.52 Å². The van der Waals surface area contributed by atoms with Crippen molar-refractivity contribution >= 4 is 10.9 Å². The van der Waals surface area contributed by atoms with Crippen molar-refractivity contribution in [1.29, 1.82) is 0 Å². The van der Waals surface area contributed by atoms with Crippen molar-refractivity contribution in [2.75, 3.05) is 13.1 Å². The Kier molecular flexibility index (Phi) is 4.51. The van der Waals surface area contributed by atoms with Crippen LogP contribution in [0.2, 0.25) is 0 Å². The van der Waals surface area contributed by atoms with Crippen LogP contribution in [0.25, 0.3) is 10.9 Å². The molecule has 1 aromatic heterocycles. The Morgan fingerprint density at radius 1 is 1.12 bits per heavy atom. The zero-order valence-electron chi connectivity index (χ0n) is 10.4. The van der Waals surface area contributed by atoms with Crippen LogP contribution in [0.4, 0.5) is 0 Å². The second-order valence-electron chi connectivity index (χ2n) is 4.35. The molecule has 0 fully saturated rings. The van der Waals surface area contributed by atoms with E-state index in [9.17, 15) is 0 Å². The fraction of sp³-hybridized carbons (Fsp3) is 0.400. The molecular weight excluding hydrogens is 208 g/mol. The minimum absolute atomic E-state index is 1.09. The standard InChI is InChI=1S/C15H20N2/c1-2-10-16-11-4-8-13-6-3-7-14-9-5-12-17-15(13)14/h3,5-7,9,12,16H,2,4,8,10-11H2,1H3. The number of nitrogens with zero attached hydrogens (tertiary/aromatic N) is 1. The zero-order valence-corrected chi connectivity index (χ0v) is 10.4. The Bertz CT molecular complexity index is 460. The van der Waals surface area contributed by atoms with Crippen LogP contribution in [0.3, 0.4) is 0 Å². The zero-order chi connectivity index (χ0) is 11.9. The van der Waals surface area contributed by atoms with Gasteiger partial charge in [0.2, 0.25) is 0 Å². The Labute approximate surface area is 103 Å². The molecule has 0 bridgehead atoms. The molecule has 0 radical (unpaired) electrons. The van der Waals surface area contributed by atoms with Crippen LogP contribution in [0.15, 0.2) is 36.5 Å². The number of rotatable bonds is 6. The van der Waals surface area contributed by atoms with Crippen molar-refractivity contribution in [3.8, 4) is 0 Å². The summed E-state index contributed by atoms with van der Waals surface area (Å²) in [4.78, 5) is 4.48. The Balaban J connectivity index is 1.98. The van der Waals surface area contributed by atoms with Gasteiger partial charge in [-0.05, 0) is 44.0 Å². The van der Waals surface area contributed by atoms with Crippen molar-refractivity contribution in [2.45, 2.75) is 26.2 Å². The van der Waals surface area contributed by atoms with Gasteiger partial charge in [-0.3, -0.25) is 4.98 Å². The van der Waals surface area contributed by atoms with E-state index < -0.39 is 0 Å².